The maximum absolute atomic E-state index is 13.3. The lowest BCUT2D eigenvalue weighted by molar-refractivity contribution is -0.139. The van der Waals surface area contributed by atoms with Gasteiger partial charge in [-0.15, -0.1) is 11.3 Å². The minimum atomic E-state index is -0.909. The molecule has 4 aromatic rings. The number of esters is 2. The number of rotatable bonds is 7. The van der Waals surface area contributed by atoms with E-state index in [9.17, 15) is 14.4 Å². The van der Waals surface area contributed by atoms with Crippen molar-refractivity contribution in [1.29, 1.82) is 0 Å². The molecule has 188 valence electrons. The molecule has 2 N–H and O–H groups in total. The van der Waals surface area contributed by atoms with E-state index in [2.05, 4.69) is 15.6 Å². The van der Waals surface area contributed by atoms with Gasteiger partial charge in [0, 0.05) is 5.39 Å². The first-order chi connectivity index (χ1) is 17.9. The number of carbonyl (C=O) groups excluding carboxylic acids is 3. The van der Waals surface area contributed by atoms with E-state index < -0.39 is 24.0 Å². The number of aromatic nitrogens is 1. The van der Waals surface area contributed by atoms with Crippen LogP contribution >= 0.6 is 22.9 Å². The van der Waals surface area contributed by atoms with Gasteiger partial charge in [0.1, 0.15) is 18.4 Å². The molecule has 1 aliphatic heterocycles. The highest BCUT2D eigenvalue weighted by atomic mass is 35.5. The number of halogens is 1. The number of carbonyl (C=O) groups is 3. The lowest BCUT2D eigenvalue weighted by Crippen LogP contribution is -2.47. The summed E-state index contributed by atoms with van der Waals surface area (Å²) >= 11 is 7.44. The molecule has 0 saturated heterocycles. The van der Waals surface area contributed by atoms with Crippen molar-refractivity contribution in [1.82, 2.24) is 15.6 Å². The van der Waals surface area contributed by atoms with Crippen molar-refractivity contribution in [3.63, 3.8) is 0 Å². The summed E-state index contributed by atoms with van der Waals surface area (Å²) in [5.74, 6) is -0.990. The SMILES string of the molecule is CCOC(=O)C1=C(COC(=O)c2cc(-c3ccc(Cl)s3)nc3ccccc23)NC(=O)N[C@H]1c1ccco1. The molecule has 1 aliphatic rings. The number of furan rings is 1. The molecule has 4 heterocycles. The summed E-state index contributed by atoms with van der Waals surface area (Å²) < 4.78 is 16.8. The van der Waals surface area contributed by atoms with Crippen LogP contribution in [0, 0.1) is 0 Å². The summed E-state index contributed by atoms with van der Waals surface area (Å²) in [6, 6.07) is 14.2. The zero-order chi connectivity index (χ0) is 25.9. The van der Waals surface area contributed by atoms with Gasteiger partial charge in [0.05, 0.1) is 50.1 Å². The summed E-state index contributed by atoms with van der Waals surface area (Å²) in [5.41, 5.74) is 1.64. The summed E-state index contributed by atoms with van der Waals surface area (Å²) in [6.45, 7) is 1.41. The zero-order valence-corrected chi connectivity index (χ0v) is 21.0. The number of pyridine rings is 1. The van der Waals surface area contributed by atoms with Crippen molar-refractivity contribution < 1.29 is 28.3 Å². The molecule has 0 fully saturated rings. The molecule has 1 aromatic carbocycles. The third-order valence-electron chi connectivity index (χ3n) is 5.59. The molecule has 0 saturated carbocycles. The third kappa shape index (κ3) is 5.07. The minimum Gasteiger partial charge on any atom is -0.467 e. The van der Waals surface area contributed by atoms with Gasteiger partial charge in [-0.1, -0.05) is 29.8 Å². The van der Waals surface area contributed by atoms with Crippen molar-refractivity contribution >= 4 is 51.8 Å². The van der Waals surface area contributed by atoms with E-state index in [1.165, 1.54) is 17.6 Å². The molecular weight excluding hydrogens is 518 g/mol. The first-order valence-electron chi connectivity index (χ1n) is 11.3. The van der Waals surface area contributed by atoms with Crippen molar-refractivity contribution in [2.24, 2.45) is 0 Å². The number of hydrogen-bond acceptors (Lipinski definition) is 8. The topological polar surface area (TPSA) is 120 Å². The van der Waals surface area contributed by atoms with E-state index >= 15 is 0 Å². The Morgan fingerprint density at radius 2 is 1.95 bits per heavy atom. The van der Waals surface area contributed by atoms with Gasteiger partial charge < -0.3 is 24.5 Å². The number of ether oxygens (including phenoxy) is 2. The monoisotopic (exact) mass is 537 g/mol. The normalized spacial score (nSPS) is 15.3. The number of para-hydroxylation sites is 1. The van der Waals surface area contributed by atoms with Crippen molar-refractivity contribution in [2.45, 2.75) is 13.0 Å². The second-order valence-electron chi connectivity index (χ2n) is 7.91. The lowest BCUT2D eigenvalue weighted by atomic mass is 10.0. The number of benzene rings is 1. The summed E-state index contributed by atoms with van der Waals surface area (Å²) in [4.78, 5) is 44.0. The van der Waals surface area contributed by atoms with Crippen LogP contribution in [-0.4, -0.2) is 36.2 Å². The smallest absolute Gasteiger partial charge is 0.339 e. The van der Waals surface area contributed by atoms with E-state index in [1.54, 1.807) is 49.4 Å². The summed E-state index contributed by atoms with van der Waals surface area (Å²) in [6.07, 6.45) is 1.43. The first-order valence-corrected chi connectivity index (χ1v) is 12.5. The molecule has 0 spiro atoms. The Hall–Kier alpha value is -4.15. The standard InChI is InChI=1S/C26H20ClN3O6S/c1-2-34-25(32)22-18(29-26(33)30-23(22)19-8-5-11-35-19)13-36-24(31)15-12-17(20-9-10-21(27)37-20)28-16-7-4-3-6-14(15)16/h3-12,23H,2,13H2,1H3,(H2,29,30,33)/t23-/m0/s1. The molecular formula is C26H20ClN3O6S. The van der Waals surface area contributed by atoms with E-state index in [0.717, 1.165) is 4.88 Å². The van der Waals surface area contributed by atoms with Crippen molar-refractivity contribution in [2.75, 3.05) is 13.2 Å². The molecule has 11 heteroatoms. The second kappa shape index (κ2) is 10.5. The molecule has 0 radical (unpaired) electrons. The van der Waals surface area contributed by atoms with Gasteiger partial charge in [-0.2, -0.15) is 0 Å². The molecule has 2 amide bonds. The highest BCUT2D eigenvalue weighted by Crippen LogP contribution is 2.33. The van der Waals surface area contributed by atoms with Gasteiger partial charge in [0.15, 0.2) is 0 Å². The molecule has 5 rings (SSSR count). The van der Waals surface area contributed by atoms with Crippen LogP contribution in [0.2, 0.25) is 4.34 Å². The van der Waals surface area contributed by atoms with Crippen molar-refractivity contribution in [3.8, 4) is 10.6 Å². The largest absolute Gasteiger partial charge is 0.467 e. The lowest BCUT2D eigenvalue weighted by Gasteiger charge is -2.27. The van der Waals surface area contributed by atoms with E-state index in [-0.39, 0.29) is 30.0 Å². The molecule has 0 aliphatic carbocycles. The van der Waals surface area contributed by atoms with Crippen molar-refractivity contribution in [3.05, 3.63) is 87.8 Å². The molecule has 1 atom stereocenters. The van der Waals surface area contributed by atoms with Gasteiger partial charge in [-0.05, 0) is 43.3 Å². The number of hydrogen-bond donors (Lipinski definition) is 2. The highest BCUT2D eigenvalue weighted by Gasteiger charge is 2.36. The predicted molar refractivity (Wildman–Crippen MR) is 137 cm³/mol. The van der Waals surface area contributed by atoms with Crippen LogP contribution in [0.3, 0.4) is 0 Å². The van der Waals surface area contributed by atoms with Gasteiger partial charge in [-0.25, -0.2) is 19.4 Å². The molecule has 0 unspecified atom stereocenters. The number of urea groups is 1. The van der Waals surface area contributed by atoms with Crippen LogP contribution in [0.5, 0.6) is 0 Å². The summed E-state index contributed by atoms with van der Waals surface area (Å²) in [5, 5.41) is 5.81. The Labute approximate surface area is 220 Å². The van der Waals surface area contributed by atoms with E-state index in [0.29, 0.717) is 26.7 Å². The fourth-order valence-electron chi connectivity index (χ4n) is 3.99. The van der Waals surface area contributed by atoms with Crippen LogP contribution in [0.1, 0.15) is 29.1 Å². The molecule has 3 aromatic heterocycles. The average Bonchev–Trinajstić information content (AvgIpc) is 3.58. The minimum absolute atomic E-state index is 0.0812. The first kappa shape index (κ1) is 24.5. The van der Waals surface area contributed by atoms with Gasteiger partial charge >= 0.3 is 18.0 Å². The summed E-state index contributed by atoms with van der Waals surface area (Å²) in [7, 11) is 0. The van der Waals surface area contributed by atoms with E-state index in [1.807, 2.05) is 12.1 Å². The van der Waals surface area contributed by atoms with Crippen LogP contribution in [0.25, 0.3) is 21.5 Å². The fraction of sp³-hybridized carbons (Fsp3) is 0.154. The van der Waals surface area contributed by atoms with Crippen LogP contribution < -0.4 is 10.6 Å². The fourth-order valence-corrected chi connectivity index (χ4v) is 4.99. The van der Waals surface area contributed by atoms with Gasteiger partial charge in [0.25, 0.3) is 0 Å². The Morgan fingerprint density at radius 3 is 2.68 bits per heavy atom. The Balaban J connectivity index is 1.49. The number of fused-ring (bicyclic) bond motifs is 1. The molecule has 9 nitrogen and oxygen atoms in total. The molecule has 37 heavy (non-hydrogen) atoms. The average molecular weight is 538 g/mol. The number of amides is 2. The number of nitrogens with zero attached hydrogens (tertiary/aromatic N) is 1. The highest BCUT2D eigenvalue weighted by molar-refractivity contribution is 7.19. The van der Waals surface area contributed by atoms with E-state index in [4.69, 9.17) is 25.5 Å². The van der Waals surface area contributed by atoms with Crippen LogP contribution in [0.15, 0.2) is 76.5 Å². The number of thiophene rings is 1. The Bertz CT molecular complexity index is 1530. The Morgan fingerprint density at radius 1 is 1.11 bits per heavy atom. The van der Waals surface area contributed by atoms with Gasteiger partial charge in [-0.3, -0.25) is 0 Å². The Kier molecular flexibility index (Phi) is 6.93. The quantitative estimate of drug-likeness (QED) is 0.309. The third-order valence-corrected chi connectivity index (χ3v) is 6.84. The van der Waals surface area contributed by atoms with Gasteiger partial charge in [0.2, 0.25) is 0 Å². The maximum atomic E-state index is 13.3. The maximum Gasteiger partial charge on any atom is 0.339 e. The zero-order valence-electron chi connectivity index (χ0n) is 19.4. The predicted octanol–water partition coefficient (Wildman–Crippen LogP) is 5.24. The molecule has 0 bridgehead atoms. The van der Waals surface area contributed by atoms with Crippen LogP contribution in [0.4, 0.5) is 4.79 Å². The number of nitrogens with one attached hydrogen (secondary N) is 2. The van der Waals surface area contributed by atoms with Crippen LogP contribution in [-0.2, 0) is 14.3 Å². The second-order valence-corrected chi connectivity index (χ2v) is 9.63.